The number of anilines is 1. The quantitative estimate of drug-likeness (QED) is 0.493. The van der Waals surface area contributed by atoms with Crippen LogP contribution < -0.4 is 10.1 Å². The summed E-state index contributed by atoms with van der Waals surface area (Å²) in [6.45, 7) is 2.74. The molecule has 0 bridgehead atoms. The Labute approximate surface area is 189 Å². The third-order valence-electron chi connectivity index (χ3n) is 5.36. The molecule has 1 fully saturated rings. The zero-order valence-corrected chi connectivity index (χ0v) is 19.3. The molecular formula is C21H26N6O2S2. The number of methoxy groups -OCH3 is 1. The molecule has 2 heterocycles. The van der Waals surface area contributed by atoms with Crippen LogP contribution in [0.2, 0.25) is 0 Å². The second-order valence-electron chi connectivity index (χ2n) is 7.40. The first-order valence-electron chi connectivity index (χ1n) is 10.5. The van der Waals surface area contributed by atoms with Crippen LogP contribution in [0.15, 0.2) is 29.4 Å². The van der Waals surface area contributed by atoms with Crippen molar-refractivity contribution in [2.24, 2.45) is 0 Å². The van der Waals surface area contributed by atoms with Crippen LogP contribution >= 0.6 is 23.1 Å². The molecule has 164 valence electrons. The highest BCUT2D eigenvalue weighted by molar-refractivity contribution is 7.99. The van der Waals surface area contributed by atoms with E-state index in [1.54, 1.807) is 7.11 Å². The van der Waals surface area contributed by atoms with E-state index >= 15 is 0 Å². The molecule has 0 saturated heterocycles. The predicted molar refractivity (Wildman–Crippen MR) is 123 cm³/mol. The molecule has 0 atom stereocenters. The molecule has 0 spiro atoms. The fourth-order valence-corrected chi connectivity index (χ4v) is 5.45. The van der Waals surface area contributed by atoms with Crippen LogP contribution in [0.5, 0.6) is 5.75 Å². The molecule has 1 aliphatic rings. The van der Waals surface area contributed by atoms with Crippen molar-refractivity contribution in [1.29, 1.82) is 0 Å². The van der Waals surface area contributed by atoms with Crippen molar-refractivity contribution in [3.8, 4) is 17.1 Å². The minimum absolute atomic E-state index is 0.118. The number of nitrogens with one attached hydrogen (secondary N) is 1. The normalized spacial score (nSPS) is 14.5. The number of benzene rings is 1. The molecule has 1 aliphatic carbocycles. The fourth-order valence-electron chi connectivity index (χ4n) is 3.72. The Morgan fingerprint density at radius 3 is 2.65 bits per heavy atom. The SMILES string of the molecule is CCn1c(SCC(=O)Nc2nnc(C3CCCCC3)s2)nnc1-c1ccc(OC)cc1. The molecule has 1 N–H and O–H groups in total. The molecule has 1 aromatic carbocycles. The van der Waals surface area contributed by atoms with E-state index in [0.29, 0.717) is 22.8 Å². The maximum atomic E-state index is 12.5. The van der Waals surface area contributed by atoms with Gasteiger partial charge >= 0.3 is 0 Å². The summed E-state index contributed by atoms with van der Waals surface area (Å²) in [4.78, 5) is 12.5. The number of amides is 1. The summed E-state index contributed by atoms with van der Waals surface area (Å²) in [5.74, 6) is 2.17. The molecule has 10 heteroatoms. The van der Waals surface area contributed by atoms with E-state index in [9.17, 15) is 4.79 Å². The average molecular weight is 459 g/mol. The third-order valence-corrected chi connectivity index (χ3v) is 7.32. The molecule has 0 aliphatic heterocycles. The lowest BCUT2D eigenvalue weighted by atomic mass is 9.90. The van der Waals surface area contributed by atoms with Crippen LogP contribution in [-0.4, -0.2) is 43.7 Å². The van der Waals surface area contributed by atoms with Gasteiger partial charge in [-0.1, -0.05) is 42.4 Å². The largest absolute Gasteiger partial charge is 0.497 e. The van der Waals surface area contributed by atoms with Gasteiger partial charge in [0, 0.05) is 18.0 Å². The average Bonchev–Trinajstić information content (AvgIpc) is 3.45. The first-order valence-corrected chi connectivity index (χ1v) is 12.3. The summed E-state index contributed by atoms with van der Waals surface area (Å²) in [5, 5.41) is 22.3. The van der Waals surface area contributed by atoms with Gasteiger partial charge in [0.1, 0.15) is 10.8 Å². The Hall–Kier alpha value is -2.46. The van der Waals surface area contributed by atoms with Crippen molar-refractivity contribution in [2.75, 3.05) is 18.2 Å². The molecule has 3 aromatic rings. The lowest BCUT2D eigenvalue weighted by Crippen LogP contribution is -2.14. The van der Waals surface area contributed by atoms with Gasteiger partial charge in [0.25, 0.3) is 0 Å². The molecule has 1 saturated carbocycles. The van der Waals surface area contributed by atoms with Gasteiger partial charge < -0.3 is 9.30 Å². The summed E-state index contributed by atoms with van der Waals surface area (Å²) < 4.78 is 7.22. The summed E-state index contributed by atoms with van der Waals surface area (Å²) in [6.07, 6.45) is 6.14. The Bertz CT molecular complexity index is 1010. The topological polar surface area (TPSA) is 94.8 Å². The standard InChI is InChI=1S/C21H26N6O2S2/c1-3-27-18(14-9-11-16(29-2)12-10-14)23-26-21(27)30-13-17(28)22-20-25-24-19(31-20)15-7-5-4-6-8-15/h9-12,15H,3-8,13H2,1-2H3,(H,22,25,28). The molecule has 4 rings (SSSR count). The van der Waals surface area contributed by atoms with Crippen molar-refractivity contribution in [3.63, 3.8) is 0 Å². The zero-order chi connectivity index (χ0) is 21.6. The monoisotopic (exact) mass is 458 g/mol. The van der Waals surface area contributed by atoms with Crippen molar-refractivity contribution >= 4 is 34.1 Å². The number of nitrogens with zero attached hydrogens (tertiary/aromatic N) is 5. The van der Waals surface area contributed by atoms with E-state index < -0.39 is 0 Å². The first kappa shape index (κ1) is 21.8. The summed E-state index contributed by atoms with van der Waals surface area (Å²) in [5.41, 5.74) is 0.954. The number of carbonyl (C=O) groups excluding carboxylic acids is 1. The van der Waals surface area contributed by atoms with E-state index in [2.05, 4.69) is 25.7 Å². The Morgan fingerprint density at radius 1 is 1.16 bits per heavy atom. The Kier molecular flexibility index (Phi) is 7.18. The van der Waals surface area contributed by atoms with E-state index in [1.165, 1.54) is 55.2 Å². The van der Waals surface area contributed by atoms with Crippen LogP contribution in [0.4, 0.5) is 5.13 Å². The van der Waals surface area contributed by atoms with E-state index in [4.69, 9.17) is 4.74 Å². The van der Waals surface area contributed by atoms with Crippen LogP contribution in [0, 0.1) is 0 Å². The van der Waals surface area contributed by atoms with Crippen molar-refractivity contribution in [1.82, 2.24) is 25.0 Å². The number of carbonyl (C=O) groups is 1. The second-order valence-corrected chi connectivity index (χ2v) is 9.35. The zero-order valence-electron chi connectivity index (χ0n) is 17.7. The van der Waals surface area contributed by atoms with Gasteiger partial charge in [0.2, 0.25) is 11.0 Å². The van der Waals surface area contributed by atoms with Gasteiger partial charge in [-0.3, -0.25) is 10.1 Å². The number of hydrogen-bond acceptors (Lipinski definition) is 8. The highest BCUT2D eigenvalue weighted by atomic mass is 32.2. The van der Waals surface area contributed by atoms with Crippen molar-refractivity contribution in [2.45, 2.75) is 56.6 Å². The molecule has 0 radical (unpaired) electrons. The van der Waals surface area contributed by atoms with Gasteiger partial charge in [-0.2, -0.15) is 0 Å². The number of aromatic nitrogens is 5. The predicted octanol–water partition coefficient (Wildman–Crippen LogP) is 4.60. The van der Waals surface area contributed by atoms with E-state index in [1.807, 2.05) is 35.8 Å². The smallest absolute Gasteiger partial charge is 0.236 e. The van der Waals surface area contributed by atoms with Crippen molar-refractivity contribution in [3.05, 3.63) is 29.3 Å². The molecule has 31 heavy (non-hydrogen) atoms. The maximum absolute atomic E-state index is 12.5. The van der Waals surface area contributed by atoms with Crippen LogP contribution in [0.25, 0.3) is 11.4 Å². The molecule has 0 unspecified atom stereocenters. The van der Waals surface area contributed by atoms with E-state index in [-0.39, 0.29) is 11.7 Å². The van der Waals surface area contributed by atoms with Gasteiger partial charge in [0.05, 0.1) is 12.9 Å². The second kappa shape index (κ2) is 10.2. The highest BCUT2D eigenvalue weighted by Crippen LogP contribution is 2.35. The van der Waals surface area contributed by atoms with Gasteiger partial charge in [0.15, 0.2) is 11.0 Å². The molecule has 8 nitrogen and oxygen atoms in total. The number of rotatable bonds is 8. The van der Waals surface area contributed by atoms with E-state index in [0.717, 1.165) is 22.1 Å². The fraction of sp³-hybridized carbons (Fsp3) is 0.476. The van der Waals surface area contributed by atoms with Crippen LogP contribution in [0.3, 0.4) is 0 Å². The van der Waals surface area contributed by atoms with Gasteiger partial charge in [-0.05, 0) is 44.0 Å². The number of thioether (sulfide) groups is 1. The molecular weight excluding hydrogens is 432 g/mol. The Balaban J connectivity index is 1.36. The van der Waals surface area contributed by atoms with Crippen molar-refractivity contribution < 1.29 is 9.53 Å². The summed E-state index contributed by atoms with van der Waals surface area (Å²) in [6, 6.07) is 7.70. The maximum Gasteiger partial charge on any atom is 0.236 e. The minimum atomic E-state index is -0.118. The summed E-state index contributed by atoms with van der Waals surface area (Å²) >= 11 is 2.86. The number of ether oxygens (including phenoxy) is 1. The lowest BCUT2D eigenvalue weighted by Gasteiger charge is -2.18. The number of hydrogen-bond donors (Lipinski definition) is 1. The first-order chi connectivity index (χ1) is 15.2. The van der Waals surface area contributed by atoms with Crippen LogP contribution in [-0.2, 0) is 11.3 Å². The van der Waals surface area contributed by atoms with Gasteiger partial charge in [-0.15, -0.1) is 20.4 Å². The Morgan fingerprint density at radius 2 is 1.94 bits per heavy atom. The lowest BCUT2D eigenvalue weighted by molar-refractivity contribution is -0.113. The minimum Gasteiger partial charge on any atom is -0.497 e. The van der Waals surface area contributed by atoms with Gasteiger partial charge in [-0.25, -0.2) is 0 Å². The molecule has 1 amide bonds. The highest BCUT2D eigenvalue weighted by Gasteiger charge is 2.20. The third kappa shape index (κ3) is 5.24. The summed E-state index contributed by atoms with van der Waals surface area (Å²) in [7, 11) is 1.64. The van der Waals surface area contributed by atoms with Crippen LogP contribution in [0.1, 0.15) is 50.0 Å². The molecule has 2 aromatic heterocycles.